The lowest BCUT2D eigenvalue weighted by Gasteiger charge is -2.12. The maximum absolute atomic E-state index is 12.7. The molecule has 0 fully saturated rings. The molecule has 0 atom stereocenters. The van der Waals surface area contributed by atoms with Crippen molar-refractivity contribution in [2.24, 2.45) is 0 Å². The Labute approximate surface area is 162 Å². The molecule has 27 heavy (non-hydrogen) atoms. The molecule has 2 N–H and O–H groups in total. The van der Waals surface area contributed by atoms with Crippen LogP contribution in [0.2, 0.25) is 5.02 Å². The number of ether oxygens (including phenoxy) is 1. The van der Waals surface area contributed by atoms with Crippen LogP contribution in [-0.2, 0) is 0 Å². The lowest BCUT2D eigenvalue weighted by molar-refractivity contribution is 0.102. The average molecular weight is 383 g/mol. The second-order valence-electron chi connectivity index (χ2n) is 6.01. The summed E-state index contributed by atoms with van der Waals surface area (Å²) in [6.07, 6.45) is 0. The van der Waals surface area contributed by atoms with Gasteiger partial charge in [-0.3, -0.25) is 4.79 Å². The maximum Gasteiger partial charge on any atom is 0.274 e. The monoisotopic (exact) mass is 382 g/mol. The Morgan fingerprint density at radius 1 is 1.04 bits per heavy atom. The number of nitrogens with one attached hydrogen (secondary N) is 2. The average Bonchev–Trinajstić information content (AvgIpc) is 2.63. The lowest BCUT2D eigenvalue weighted by Crippen LogP contribution is -2.16. The molecule has 0 bridgehead atoms. The number of hydrogen-bond donors (Lipinski definition) is 2. The first-order valence-corrected chi connectivity index (χ1v) is 8.66. The lowest BCUT2D eigenvalue weighted by atomic mass is 10.2. The molecular formula is C20H19ClN4O2. The first-order valence-electron chi connectivity index (χ1n) is 8.29. The molecule has 0 saturated heterocycles. The van der Waals surface area contributed by atoms with Gasteiger partial charge in [-0.05, 0) is 61.9 Å². The number of aryl methyl sites for hydroxylation is 2. The molecule has 0 radical (unpaired) electrons. The molecule has 0 aliphatic rings. The Morgan fingerprint density at radius 3 is 2.48 bits per heavy atom. The predicted molar refractivity (Wildman–Crippen MR) is 107 cm³/mol. The summed E-state index contributed by atoms with van der Waals surface area (Å²) in [6, 6.07) is 14.3. The number of halogens is 1. The van der Waals surface area contributed by atoms with E-state index in [1.807, 2.05) is 37.3 Å². The number of methoxy groups -OCH3 is 1. The van der Waals surface area contributed by atoms with E-state index >= 15 is 0 Å². The van der Waals surface area contributed by atoms with Gasteiger partial charge < -0.3 is 15.4 Å². The third-order valence-corrected chi connectivity index (χ3v) is 4.04. The highest BCUT2D eigenvalue weighted by atomic mass is 35.5. The van der Waals surface area contributed by atoms with Crippen molar-refractivity contribution in [3.63, 3.8) is 0 Å². The molecular weight excluding hydrogens is 364 g/mol. The van der Waals surface area contributed by atoms with Crippen LogP contribution in [0.25, 0.3) is 0 Å². The number of hydrogen-bond acceptors (Lipinski definition) is 5. The topological polar surface area (TPSA) is 76.1 Å². The smallest absolute Gasteiger partial charge is 0.274 e. The van der Waals surface area contributed by atoms with E-state index in [0.717, 1.165) is 11.3 Å². The van der Waals surface area contributed by atoms with E-state index in [9.17, 15) is 4.79 Å². The quantitative estimate of drug-likeness (QED) is 0.665. The molecule has 0 aliphatic heterocycles. The number of carbonyl (C=O) groups is 1. The summed E-state index contributed by atoms with van der Waals surface area (Å²) >= 11 is 5.90. The Hall–Kier alpha value is -3.12. The van der Waals surface area contributed by atoms with Gasteiger partial charge >= 0.3 is 0 Å². The molecule has 1 aromatic heterocycles. The fraction of sp³-hybridized carbons (Fsp3) is 0.150. The van der Waals surface area contributed by atoms with Gasteiger partial charge in [-0.15, -0.1) is 0 Å². The number of amides is 1. The highest BCUT2D eigenvalue weighted by molar-refractivity contribution is 6.30. The van der Waals surface area contributed by atoms with E-state index in [1.165, 1.54) is 0 Å². The molecule has 1 heterocycles. The van der Waals surface area contributed by atoms with Gasteiger partial charge in [0.05, 0.1) is 12.8 Å². The summed E-state index contributed by atoms with van der Waals surface area (Å²) in [5.41, 5.74) is 3.29. The maximum atomic E-state index is 12.7. The van der Waals surface area contributed by atoms with E-state index < -0.39 is 0 Å². The van der Waals surface area contributed by atoms with Crippen LogP contribution in [0.5, 0.6) is 5.75 Å². The molecule has 0 unspecified atom stereocenters. The van der Waals surface area contributed by atoms with Crippen molar-refractivity contribution in [2.45, 2.75) is 13.8 Å². The molecule has 0 spiro atoms. The number of aromatic nitrogens is 2. The van der Waals surface area contributed by atoms with Gasteiger partial charge in [-0.1, -0.05) is 17.7 Å². The molecule has 0 saturated carbocycles. The van der Waals surface area contributed by atoms with Gasteiger partial charge in [-0.25, -0.2) is 9.97 Å². The van der Waals surface area contributed by atoms with E-state index in [0.29, 0.717) is 28.1 Å². The van der Waals surface area contributed by atoms with Gasteiger partial charge in [-0.2, -0.15) is 0 Å². The number of nitrogens with zero attached hydrogens (tertiary/aromatic N) is 2. The largest absolute Gasteiger partial charge is 0.495 e. The Morgan fingerprint density at radius 2 is 1.78 bits per heavy atom. The third-order valence-electron chi connectivity index (χ3n) is 3.79. The summed E-state index contributed by atoms with van der Waals surface area (Å²) < 4.78 is 5.30. The molecule has 7 heteroatoms. The third kappa shape index (κ3) is 4.74. The van der Waals surface area contributed by atoms with Crippen molar-refractivity contribution in [2.75, 3.05) is 17.7 Å². The number of anilines is 3. The Balaban J connectivity index is 1.84. The van der Waals surface area contributed by atoms with Gasteiger partial charge in [0.1, 0.15) is 11.4 Å². The summed E-state index contributed by atoms with van der Waals surface area (Å²) in [5, 5.41) is 6.56. The summed E-state index contributed by atoms with van der Waals surface area (Å²) in [4.78, 5) is 21.3. The first kappa shape index (κ1) is 18.7. The minimum absolute atomic E-state index is 0.252. The van der Waals surface area contributed by atoms with Gasteiger partial charge in [0.25, 0.3) is 5.91 Å². The molecule has 6 nitrogen and oxygen atoms in total. The van der Waals surface area contributed by atoms with Crippen LogP contribution in [0.3, 0.4) is 0 Å². The highest BCUT2D eigenvalue weighted by Gasteiger charge is 2.14. The van der Waals surface area contributed by atoms with Crippen molar-refractivity contribution in [1.82, 2.24) is 9.97 Å². The van der Waals surface area contributed by atoms with Crippen LogP contribution in [0, 0.1) is 13.8 Å². The minimum atomic E-state index is -0.344. The van der Waals surface area contributed by atoms with Crippen LogP contribution >= 0.6 is 11.6 Å². The van der Waals surface area contributed by atoms with E-state index in [2.05, 4.69) is 20.6 Å². The van der Waals surface area contributed by atoms with E-state index in [4.69, 9.17) is 16.3 Å². The molecule has 2 aromatic carbocycles. The second kappa shape index (κ2) is 8.05. The predicted octanol–water partition coefficient (Wildman–Crippen LogP) is 4.75. The van der Waals surface area contributed by atoms with E-state index in [1.54, 1.807) is 32.2 Å². The molecule has 3 aromatic rings. The number of rotatable bonds is 5. The normalized spacial score (nSPS) is 10.4. The van der Waals surface area contributed by atoms with E-state index in [-0.39, 0.29) is 11.6 Å². The standard InChI is InChI=1S/C20H19ClN4O2/c1-12-4-9-18(27-3)16(10-12)24-19(26)17-11-13(2)22-20(25-17)23-15-7-5-14(21)6-8-15/h4-11H,1-3H3,(H,24,26)(H,22,23,25). The number of carbonyl (C=O) groups excluding carboxylic acids is 1. The molecule has 1 amide bonds. The van der Waals surface area contributed by atoms with Crippen molar-refractivity contribution < 1.29 is 9.53 Å². The number of benzene rings is 2. The fourth-order valence-electron chi connectivity index (χ4n) is 2.51. The summed E-state index contributed by atoms with van der Waals surface area (Å²) in [7, 11) is 1.56. The van der Waals surface area contributed by atoms with Gasteiger partial charge in [0.15, 0.2) is 0 Å². The molecule has 0 aliphatic carbocycles. The highest BCUT2D eigenvalue weighted by Crippen LogP contribution is 2.26. The van der Waals surface area contributed by atoms with Crippen molar-refractivity contribution in [3.05, 3.63) is 70.5 Å². The summed E-state index contributed by atoms with van der Waals surface area (Å²) in [5.74, 6) is 0.571. The van der Waals surface area contributed by atoms with Crippen molar-refractivity contribution >= 4 is 34.8 Å². The van der Waals surface area contributed by atoms with Crippen LogP contribution in [0.15, 0.2) is 48.5 Å². The zero-order valence-electron chi connectivity index (χ0n) is 15.2. The summed E-state index contributed by atoms with van der Waals surface area (Å²) in [6.45, 7) is 3.75. The SMILES string of the molecule is COc1ccc(C)cc1NC(=O)c1cc(C)nc(Nc2ccc(Cl)cc2)n1. The van der Waals surface area contributed by atoms with Gasteiger partial charge in [0, 0.05) is 16.4 Å². The zero-order valence-corrected chi connectivity index (χ0v) is 16.0. The Bertz CT molecular complexity index is 974. The van der Waals surface area contributed by atoms with Gasteiger partial charge in [0.2, 0.25) is 5.95 Å². The minimum Gasteiger partial charge on any atom is -0.495 e. The van der Waals surface area contributed by atoms with Crippen molar-refractivity contribution in [1.29, 1.82) is 0 Å². The fourth-order valence-corrected chi connectivity index (χ4v) is 2.63. The molecule has 3 rings (SSSR count). The van der Waals surface area contributed by atoms with Crippen LogP contribution in [0.1, 0.15) is 21.7 Å². The first-order chi connectivity index (χ1) is 12.9. The van der Waals surface area contributed by atoms with Crippen LogP contribution in [-0.4, -0.2) is 23.0 Å². The zero-order chi connectivity index (χ0) is 19.4. The Kier molecular flexibility index (Phi) is 5.57. The van der Waals surface area contributed by atoms with Crippen LogP contribution < -0.4 is 15.4 Å². The van der Waals surface area contributed by atoms with Crippen molar-refractivity contribution in [3.8, 4) is 5.75 Å². The van der Waals surface area contributed by atoms with Crippen LogP contribution in [0.4, 0.5) is 17.3 Å². The molecule has 138 valence electrons. The second-order valence-corrected chi connectivity index (χ2v) is 6.44.